The summed E-state index contributed by atoms with van der Waals surface area (Å²) < 4.78 is 10.5. The van der Waals surface area contributed by atoms with Gasteiger partial charge in [0.2, 0.25) is 0 Å². The van der Waals surface area contributed by atoms with Crippen LogP contribution in [-0.2, 0) is 0 Å². The van der Waals surface area contributed by atoms with E-state index in [1.54, 1.807) is 20.3 Å². The molecule has 0 unspecified atom stereocenters. The van der Waals surface area contributed by atoms with Crippen LogP contribution in [-0.4, -0.2) is 20.0 Å². The second-order valence-corrected chi connectivity index (χ2v) is 4.13. The van der Waals surface area contributed by atoms with Gasteiger partial charge in [-0.3, -0.25) is 4.79 Å². The Labute approximate surface area is 105 Å². The van der Waals surface area contributed by atoms with Crippen LogP contribution in [0.5, 0.6) is 11.5 Å². The molecule has 0 aliphatic heterocycles. The summed E-state index contributed by atoms with van der Waals surface area (Å²) in [5.41, 5.74) is 3.17. The maximum atomic E-state index is 12.3. The number of carbonyl (C=O) groups excluding carboxylic acids is 1. The standard InChI is InChI=1S/C15H12O3/c1-17-9-7-12-10-5-3-4-6-11(10)15(16)14(12)13(8-9)18-2/h3-8H,1-2H3. The van der Waals surface area contributed by atoms with Gasteiger partial charge in [0.15, 0.2) is 5.78 Å². The summed E-state index contributed by atoms with van der Waals surface area (Å²) >= 11 is 0. The lowest BCUT2D eigenvalue weighted by molar-refractivity contribution is 0.104. The van der Waals surface area contributed by atoms with Gasteiger partial charge in [0.25, 0.3) is 0 Å². The molecule has 3 rings (SSSR count). The third-order valence-electron chi connectivity index (χ3n) is 3.22. The van der Waals surface area contributed by atoms with Crippen LogP contribution >= 0.6 is 0 Å². The molecule has 0 saturated heterocycles. The number of hydrogen-bond donors (Lipinski definition) is 0. The van der Waals surface area contributed by atoms with Gasteiger partial charge in [-0.25, -0.2) is 0 Å². The lowest BCUT2D eigenvalue weighted by Gasteiger charge is -2.09. The molecule has 0 heterocycles. The zero-order valence-electron chi connectivity index (χ0n) is 10.2. The Balaban J connectivity index is 2.34. The smallest absolute Gasteiger partial charge is 0.198 e. The predicted molar refractivity (Wildman–Crippen MR) is 68.4 cm³/mol. The van der Waals surface area contributed by atoms with Crippen LogP contribution in [0.15, 0.2) is 36.4 Å². The highest BCUT2D eigenvalue weighted by atomic mass is 16.5. The van der Waals surface area contributed by atoms with E-state index in [-0.39, 0.29) is 5.78 Å². The van der Waals surface area contributed by atoms with E-state index in [1.807, 2.05) is 30.3 Å². The molecule has 18 heavy (non-hydrogen) atoms. The summed E-state index contributed by atoms with van der Waals surface area (Å²) in [5.74, 6) is 1.26. The quantitative estimate of drug-likeness (QED) is 0.691. The number of ether oxygens (including phenoxy) is 2. The van der Waals surface area contributed by atoms with Crippen molar-refractivity contribution in [2.45, 2.75) is 0 Å². The van der Waals surface area contributed by atoms with Crippen molar-refractivity contribution in [1.82, 2.24) is 0 Å². The number of methoxy groups -OCH3 is 2. The molecule has 0 N–H and O–H groups in total. The number of ketones is 1. The summed E-state index contributed by atoms with van der Waals surface area (Å²) in [6.07, 6.45) is 0. The number of hydrogen-bond acceptors (Lipinski definition) is 3. The molecule has 0 bridgehead atoms. The molecule has 0 fully saturated rings. The SMILES string of the molecule is COc1cc(OC)c2c(c1)-c1ccccc1C2=O. The Morgan fingerprint density at radius 2 is 1.61 bits per heavy atom. The van der Waals surface area contributed by atoms with Gasteiger partial charge in [-0.05, 0) is 11.6 Å². The van der Waals surface area contributed by atoms with Crippen molar-refractivity contribution in [3.05, 3.63) is 47.5 Å². The number of rotatable bonds is 2. The second kappa shape index (κ2) is 3.88. The lowest BCUT2D eigenvalue weighted by Crippen LogP contribution is -1.99. The Morgan fingerprint density at radius 3 is 2.28 bits per heavy atom. The zero-order chi connectivity index (χ0) is 12.7. The van der Waals surface area contributed by atoms with E-state index >= 15 is 0 Å². The number of benzene rings is 2. The van der Waals surface area contributed by atoms with E-state index in [1.165, 1.54) is 0 Å². The van der Waals surface area contributed by atoms with Crippen LogP contribution in [0.25, 0.3) is 11.1 Å². The van der Waals surface area contributed by atoms with Gasteiger partial charge in [-0.1, -0.05) is 24.3 Å². The van der Waals surface area contributed by atoms with Gasteiger partial charge < -0.3 is 9.47 Å². The van der Waals surface area contributed by atoms with E-state index in [4.69, 9.17) is 9.47 Å². The molecule has 90 valence electrons. The Kier molecular flexibility index (Phi) is 2.33. The van der Waals surface area contributed by atoms with Gasteiger partial charge in [0.1, 0.15) is 11.5 Å². The fourth-order valence-electron chi connectivity index (χ4n) is 2.37. The van der Waals surface area contributed by atoms with Gasteiger partial charge in [-0.2, -0.15) is 0 Å². The van der Waals surface area contributed by atoms with E-state index in [2.05, 4.69) is 0 Å². The average Bonchev–Trinajstić information content (AvgIpc) is 2.72. The zero-order valence-corrected chi connectivity index (χ0v) is 10.2. The Bertz CT molecular complexity index is 644. The summed E-state index contributed by atoms with van der Waals surface area (Å²) in [6.45, 7) is 0. The molecule has 2 aromatic rings. The summed E-state index contributed by atoms with van der Waals surface area (Å²) in [5, 5.41) is 0. The molecule has 0 aromatic heterocycles. The van der Waals surface area contributed by atoms with Crippen molar-refractivity contribution in [2.75, 3.05) is 14.2 Å². The van der Waals surface area contributed by atoms with E-state index < -0.39 is 0 Å². The molecule has 3 nitrogen and oxygen atoms in total. The van der Waals surface area contributed by atoms with Crippen molar-refractivity contribution >= 4 is 5.78 Å². The number of carbonyl (C=O) groups is 1. The van der Waals surface area contributed by atoms with Crippen LogP contribution in [0.1, 0.15) is 15.9 Å². The first-order valence-corrected chi connectivity index (χ1v) is 5.66. The lowest BCUT2D eigenvalue weighted by atomic mass is 10.1. The highest BCUT2D eigenvalue weighted by molar-refractivity contribution is 6.23. The molecular formula is C15H12O3. The van der Waals surface area contributed by atoms with Gasteiger partial charge in [0, 0.05) is 17.2 Å². The second-order valence-electron chi connectivity index (χ2n) is 4.13. The maximum Gasteiger partial charge on any atom is 0.198 e. The minimum absolute atomic E-state index is 0.0140. The summed E-state index contributed by atoms with van der Waals surface area (Å²) in [6, 6.07) is 11.2. The van der Waals surface area contributed by atoms with E-state index in [9.17, 15) is 4.79 Å². The molecule has 0 radical (unpaired) electrons. The number of fused-ring (bicyclic) bond motifs is 3. The van der Waals surface area contributed by atoms with E-state index in [0.717, 1.165) is 16.7 Å². The molecule has 0 atom stereocenters. The largest absolute Gasteiger partial charge is 0.497 e. The topological polar surface area (TPSA) is 35.5 Å². The van der Waals surface area contributed by atoms with Crippen LogP contribution in [0.2, 0.25) is 0 Å². The first kappa shape index (κ1) is 10.8. The van der Waals surface area contributed by atoms with Crippen LogP contribution in [0.3, 0.4) is 0 Å². The molecule has 1 aliphatic rings. The third-order valence-corrected chi connectivity index (χ3v) is 3.22. The highest BCUT2D eigenvalue weighted by Crippen LogP contribution is 2.43. The molecule has 0 spiro atoms. The van der Waals surface area contributed by atoms with Crippen LogP contribution in [0.4, 0.5) is 0 Å². The third kappa shape index (κ3) is 1.34. The van der Waals surface area contributed by atoms with Crippen molar-refractivity contribution in [3.8, 4) is 22.6 Å². The van der Waals surface area contributed by atoms with Gasteiger partial charge in [-0.15, -0.1) is 0 Å². The van der Waals surface area contributed by atoms with Gasteiger partial charge >= 0.3 is 0 Å². The maximum absolute atomic E-state index is 12.3. The normalized spacial score (nSPS) is 12.0. The Morgan fingerprint density at radius 1 is 0.889 bits per heavy atom. The predicted octanol–water partition coefficient (Wildman–Crippen LogP) is 2.92. The molecule has 2 aromatic carbocycles. The molecular weight excluding hydrogens is 228 g/mol. The molecule has 0 amide bonds. The van der Waals surface area contributed by atoms with Crippen molar-refractivity contribution in [3.63, 3.8) is 0 Å². The average molecular weight is 240 g/mol. The molecule has 1 aliphatic carbocycles. The van der Waals surface area contributed by atoms with Gasteiger partial charge in [0.05, 0.1) is 19.8 Å². The van der Waals surface area contributed by atoms with Crippen LogP contribution < -0.4 is 9.47 Å². The Hall–Kier alpha value is -2.29. The van der Waals surface area contributed by atoms with Crippen molar-refractivity contribution in [2.24, 2.45) is 0 Å². The first-order valence-electron chi connectivity index (χ1n) is 5.66. The summed E-state index contributed by atoms with van der Waals surface area (Å²) in [7, 11) is 3.16. The fraction of sp³-hybridized carbons (Fsp3) is 0.133. The monoisotopic (exact) mass is 240 g/mol. The van der Waals surface area contributed by atoms with Crippen molar-refractivity contribution in [1.29, 1.82) is 0 Å². The minimum Gasteiger partial charge on any atom is -0.497 e. The first-order chi connectivity index (χ1) is 8.76. The highest BCUT2D eigenvalue weighted by Gasteiger charge is 2.30. The van der Waals surface area contributed by atoms with E-state index in [0.29, 0.717) is 17.1 Å². The fourth-order valence-corrected chi connectivity index (χ4v) is 2.37. The van der Waals surface area contributed by atoms with Crippen LogP contribution in [0, 0.1) is 0 Å². The molecule has 0 saturated carbocycles. The minimum atomic E-state index is 0.0140. The van der Waals surface area contributed by atoms with Crippen molar-refractivity contribution < 1.29 is 14.3 Å². The summed E-state index contributed by atoms with van der Waals surface area (Å²) in [4.78, 5) is 12.3. The molecule has 3 heteroatoms.